The number of hydrogen-bond donors (Lipinski definition) is 0. The predicted octanol–water partition coefficient (Wildman–Crippen LogP) is 2.63. The first-order chi connectivity index (χ1) is 8.20. The Morgan fingerprint density at radius 1 is 1.24 bits per heavy atom. The molecule has 0 atom stereocenters. The molecule has 2 aromatic rings. The summed E-state index contributed by atoms with van der Waals surface area (Å²) in [6.07, 6.45) is 1.88. The van der Waals surface area contributed by atoms with Crippen LogP contribution in [0.25, 0.3) is 0 Å². The molecule has 0 aliphatic rings. The van der Waals surface area contributed by atoms with Crippen LogP contribution in [0.2, 0.25) is 0 Å². The van der Waals surface area contributed by atoms with E-state index >= 15 is 0 Å². The van der Waals surface area contributed by atoms with Gasteiger partial charge in [0.1, 0.15) is 5.69 Å². The van der Waals surface area contributed by atoms with E-state index in [0.717, 1.165) is 5.56 Å². The SMILES string of the molecule is COC(=O)c1cccn1Cc1ccc(C)cc1. The molecule has 3 heteroatoms. The lowest BCUT2D eigenvalue weighted by Crippen LogP contribution is -2.10. The minimum atomic E-state index is -0.304. The van der Waals surface area contributed by atoms with Crippen molar-refractivity contribution < 1.29 is 9.53 Å². The fourth-order valence-corrected chi connectivity index (χ4v) is 1.73. The van der Waals surface area contributed by atoms with Crippen molar-refractivity contribution >= 4 is 5.97 Å². The molecule has 0 aliphatic heterocycles. The average molecular weight is 229 g/mol. The fourth-order valence-electron chi connectivity index (χ4n) is 1.73. The van der Waals surface area contributed by atoms with Crippen LogP contribution in [0.3, 0.4) is 0 Å². The van der Waals surface area contributed by atoms with Crippen molar-refractivity contribution in [3.63, 3.8) is 0 Å². The smallest absolute Gasteiger partial charge is 0.354 e. The monoisotopic (exact) mass is 229 g/mol. The maximum atomic E-state index is 11.5. The van der Waals surface area contributed by atoms with Crippen molar-refractivity contribution in [3.8, 4) is 0 Å². The molecule has 0 unspecified atom stereocenters. The molecule has 3 nitrogen and oxygen atoms in total. The van der Waals surface area contributed by atoms with Gasteiger partial charge in [-0.3, -0.25) is 0 Å². The summed E-state index contributed by atoms with van der Waals surface area (Å²) in [5.41, 5.74) is 2.97. The van der Waals surface area contributed by atoms with Crippen molar-refractivity contribution in [3.05, 3.63) is 59.4 Å². The largest absolute Gasteiger partial charge is 0.464 e. The molecule has 0 amide bonds. The molecular formula is C14H15NO2. The molecule has 1 heterocycles. The highest BCUT2D eigenvalue weighted by molar-refractivity contribution is 5.87. The van der Waals surface area contributed by atoms with E-state index in [-0.39, 0.29) is 5.97 Å². The molecule has 0 spiro atoms. The van der Waals surface area contributed by atoms with E-state index in [1.807, 2.05) is 16.8 Å². The molecule has 0 N–H and O–H groups in total. The average Bonchev–Trinajstić information content (AvgIpc) is 2.79. The summed E-state index contributed by atoms with van der Waals surface area (Å²) in [5.74, 6) is -0.304. The second kappa shape index (κ2) is 4.87. The maximum Gasteiger partial charge on any atom is 0.354 e. The number of esters is 1. The van der Waals surface area contributed by atoms with Crippen molar-refractivity contribution in [1.82, 2.24) is 4.57 Å². The second-order valence-corrected chi connectivity index (χ2v) is 4.00. The number of hydrogen-bond acceptors (Lipinski definition) is 2. The zero-order valence-corrected chi connectivity index (χ0v) is 10.0. The molecule has 0 bridgehead atoms. The van der Waals surface area contributed by atoms with Crippen LogP contribution in [0.5, 0.6) is 0 Å². The quantitative estimate of drug-likeness (QED) is 0.758. The molecule has 88 valence electrons. The normalized spacial score (nSPS) is 10.2. The second-order valence-electron chi connectivity index (χ2n) is 4.00. The van der Waals surface area contributed by atoms with E-state index in [4.69, 9.17) is 4.74 Å². The van der Waals surface area contributed by atoms with Gasteiger partial charge in [-0.05, 0) is 24.6 Å². The van der Waals surface area contributed by atoms with Crippen LogP contribution in [0.15, 0.2) is 42.6 Å². The molecule has 17 heavy (non-hydrogen) atoms. The Hall–Kier alpha value is -2.03. The first-order valence-corrected chi connectivity index (χ1v) is 5.49. The zero-order chi connectivity index (χ0) is 12.3. The molecule has 0 radical (unpaired) electrons. The third kappa shape index (κ3) is 2.56. The van der Waals surface area contributed by atoms with E-state index in [1.54, 1.807) is 6.07 Å². The van der Waals surface area contributed by atoms with E-state index in [2.05, 4.69) is 31.2 Å². The third-order valence-corrected chi connectivity index (χ3v) is 2.70. The van der Waals surface area contributed by atoms with Crippen LogP contribution in [0, 0.1) is 6.92 Å². The van der Waals surface area contributed by atoms with Gasteiger partial charge in [0.05, 0.1) is 7.11 Å². The van der Waals surface area contributed by atoms with E-state index < -0.39 is 0 Å². The van der Waals surface area contributed by atoms with E-state index in [1.165, 1.54) is 12.7 Å². The molecule has 0 saturated heterocycles. The minimum Gasteiger partial charge on any atom is -0.464 e. The van der Waals surface area contributed by atoms with Crippen LogP contribution in [0.4, 0.5) is 0 Å². The molecule has 1 aromatic carbocycles. The number of carbonyl (C=O) groups excluding carboxylic acids is 1. The van der Waals surface area contributed by atoms with Gasteiger partial charge < -0.3 is 9.30 Å². The number of methoxy groups -OCH3 is 1. The maximum absolute atomic E-state index is 11.5. The Kier molecular flexibility index (Phi) is 3.28. The zero-order valence-electron chi connectivity index (χ0n) is 10.0. The summed E-state index contributed by atoms with van der Waals surface area (Å²) < 4.78 is 6.62. The van der Waals surface area contributed by atoms with E-state index in [9.17, 15) is 4.79 Å². The van der Waals surface area contributed by atoms with Crippen LogP contribution < -0.4 is 0 Å². The van der Waals surface area contributed by atoms with Gasteiger partial charge in [-0.1, -0.05) is 29.8 Å². The first kappa shape index (κ1) is 11.5. The molecule has 0 saturated carbocycles. The predicted molar refractivity (Wildman–Crippen MR) is 66.1 cm³/mol. The van der Waals surface area contributed by atoms with Gasteiger partial charge in [-0.25, -0.2) is 4.79 Å². The van der Waals surface area contributed by atoms with Gasteiger partial charge in [-0.2, -0.15) is 0 Å². The Morgan fingerprint density at radius 3 is 2.59 bits per heavy atom. The number of rotatable bonds is 3. The Balaban J connectivity index is 2.21. The van der Waals surface area contributed by atoms with Gasteiger partial charge in [-0.15, -0.1) is 0 Å². The fraction of sp³-hybridized carbons (Fsp3) is 0.214. The number of ether oxygens (including phenoxy) is 1. The number of benzene rings is 1. The summed E-state index contributed by atoms with van der Waals surface area (Å²) in [6.45, 7) is 2.73. The lowest BCUT2D eigenvalue weighted by atomic mass is 10.1. The Bertz CT molecular complexity index is 511. The van der Waals surface area contributed by atoms with Crippen LogP contribution >= 0.6 is 0 Å². The lowest BCUT2D eigenvalue weighted by Gasteiger charge is -2.08. The van der Waals surface area contributed by atoms with Crippen molar-refractivity contribution in [2.75, 3.05) is 7.11 Å². The molecule has 2 rings (SSSR count). The van der Waals surface area contributed by atoms with Crippen molar-refractivity contribution in [2.45, 2.75) is 13.5 Å². The van der Waals surface area contributed by atoms with E-state index in [0.29, 0.717) is 12.2 Å². The van der Waals surface area contributed by atoms with Crippen molar-refractivity contribution in [1.29, 1.82) is 0 Å². The van der Waals surface area contributed by atoms with Crippen LogP contribution in [-0.2, 0) is 11.3 Å². The molecule has 0 aliphatic carbocycles. The number of aromatic nitrogens is 1. The summed E-state index contributed by atoms with van der Waals surface area (Å²) in [7, 11) is 1.39. The summed E-state index contributed by atoms with van der Waals surface area (Å²) >= 11 is 0. The van der Waals surface area contributed by atoms with Gasteiger partial charge in [0.2, 0.25) is 0 Å². The molecule has 0 fully saturated rings. The summed E-state index contributed by atoms with van der Waals surface area (Å²) in [5, 5.41) is 0. The topological polar surface area (TPSA) is 31.2 Å². The van der Waals surface area contributed by atoms with Crippen LogP contribution in [0.1, 0.15) is 21.6 Å². The van der Waals surface area contributed by atoms with Gasteiger partial charge in [0, 0.05) is 12.7 Å². The first-order valence-electron chi connectivity index (χ1n) is 5.49. The number of carbonyl (C=O) groups is 1. The molecular weight excluding hydrogens is 214 g/mol. The third-order valence-electron chi connectivity index (χ3n) is 2.70. The Labute approximate surface area is 101 Å². The van der Waals surface area contributed by atoms with Gasteiger partial charge in [0.25, 0.3) is 0 Å². The molecule has 1 aromatic heterocycles. The summed E-state index contributed by atoms with van der Waals surface area (Å²) in [4.78, 5) is 11.5. The standard InChI is InChI=1S/C14H15NO2/c1-11-5-7-12(8-6-11)10-15-9-3-4-13(15)14(16)17-2/h3-9H,10H2,1-2H3. The highest BCUT2D eigenvalue weighted by atomic mass is 16.5. The Morgan fingerprint density at radius 2 is 1.94 bits per heavy atom. The van der Waals surface area contributed by atoms with Gasteiger partial charge >= 0.3 is 5.97 Å². The van der Waals surface area contributed by atoms with Gasteiger partial charge in [0.15, 0.2) is 0 Å². The highest BCUT2D eigenvalue weighted by Crippen LogP contribution is 2.10. The summed E-state index contributed by atoms with van der Waals surface area (Å²) in [6, 6.07) is 11.9. The van der Waals surface area contributed by atoms with Crippen LogP contribution in [-0.4, -0.2) is 17.6 Å². The minimum absolute atomic E-state index is 0.304. The van der Waals surface area contributed by atoms with Crippen molar-refractivity contribution in [2.24, 2.45) is 0 Å². The number of aryl methyl sites for hydroxylation is 1. The highest BCUT2D eigenvalue weighted by Gasteiger charge is 2.10. The lowest BCUT2D eigenvalue weighted by molar-refractivity contribution is 0.0589. The number of nitrogens with zero attached hydrogens (tertiary/aromatic N) is 1.